The zero-order valence-corrected chi connectivity index (χ0v) is 16.4. The average Bonchev–Trinajstić information content (AvgIpc) is 3.27. The molecule has 0 aliphatic rings. The van der Waals surface area contributed by atoms with Crippen LogP contribution in [0, 0.1) is 6.92 Å². The topological polar surface area (TPSA) is 88.5 Å². The molecule has 3 rings (SSSR count). The molecule has 0 atom stereocenters. The third kappa shape index (κ3) is 4.67. The molecule has 27 heavy (non-hydrogen) atoms. The lowest BCUT2D eigenvalue weighted by molar-refractivity contribution is 0.368. The number of para-hydroxylation sites is 1. The summed E-state index contributed by atoms with van der Waals surface area (Å²) >= 11 is 0. The maximum absolute atomic E-state index is 5.93. The molecular weight excluding hydrogens is 342 g/mol. The van der Waals surface area contributed by atoms with Crippen molar-refractivity contribution in [1.82, 2.24) is 20.8 Å². The van der Waals surface area contributed by atoms with Crippen LogP contribution < -0.4 is 10.6 Å². The highest BCUT2D eigenvalue weighted by molar-refractivity contribution is 5.82. The second-order valence-electron chi connectivity index (χ2n) is 6.80. The predicted molar refractivity (Wildman–Crippen MR) is 106 cm³/mol. The smallest absolute Gasteiger partial charge is 0.226 e. The molecule has 2 N–H and O–H groups in total. The first-order valence-electron chi connectivity index (χ1n) is 9.32. The molecule has 0 aliphatic heterocycles. The van der Waals surface area contributed by atoms with Gasteiger partial charge in [0.1, 0.15) is 11.3 Å². The summed E-state index contributed by atoms with van der Waals surface area (Å²) in [5.74, 6) is 3.39. The van der Waals surface area contributed by atoms with Crippen LogP contribution >= 0.6 is 0 Å². The van der Waals surface area contributed by atoms with Gasteiger partial charge in [0, 0.05) is 36.9 Å². The first kappa shape index (κ1) is 18.9. The van der Waals surface area contributed by atoms with Crippen molar-refractivity contribution in [1.29, 1.82) is 0 Å². The minimum atomic E-state index is 0.283. The SMILES string of the molecule is CN=C(NCCCc1nc(C(C)C)no1)NCc1oc2ccccc2c1C. The van der Waals surface area contributed by atoms with Crippen molar-refractivity contribution in [3.63, 3.8) is 0 Å². The lowest BCUT2D eigenvalue weighted by atomic mass is 10.1. The summed E-state index contributed by atoms with van der Waals surface area (Å²) in [6.07, 6.45) is 1.62. The van der Waals surface area contributed by atoms with Crippen LogP contribution in [-0.4, -0.2) is 29.7 Å². The summed E-state index contributed by atoms with van der Waals surface area (Å²) in [5, 5.41) is 11.7. The van der Waals surface area contributed by atoms with Crippen LogP contribution in [0.1, 0.15) is 49.2 Å². The number of furan rings is 1. The average molecular weight is 369 g/mol. The number of hydrogen-bond donors (Lipinski definition) is 2. The molecule has 2 aromatic heterocycles. The van der Waals surface area contributed by atoms with Crippen LogP contribution in [0.2, 0.25) is 0 Å². The first-order chi connectivity index (χ1) is 13.1. The molecule has 3 aromatic rings. The van der Waals surface area contributed by atoms with E-state index in [4.69, 9.17) is 8.94 Å². The number of nitrogens with zero attached hydrogens (tertiary/aromatic N) is 3. The van der Waals surface area contributed by atoms with E-state index in [1.807, 2.05) is 18.2 Å². The van der Waals surface area contributed by atoms with E-state index in [1.165, 1.54) is 0 Å². The molecule has 0 spiro atoms. The van der Waals surface area contributed by atoms with Crippen LogP contribution in [0.15, 0.2) is 38.2 Å². The Kier molecular flexibility index (Phi) is 6.11. The number of benzene rings is 1. The van der Waals surface area contributed by atoms with Gasteiger partial charge in [0.2, 0.25) is 5.89 Å². The first-order valence-corrected chi connectivity index (χ1v) is 9.32. The van der Waals surface area contributed by atoms with Crippen molar-refractivity contribution in [3.05, 3.63) is 47.3 Å². The van der Waals surface area contributed by atoms with Crippen molar-refractivity contribution in [3.8, 4) is 0 Å². The third-order valence-corrected chi connectivity index (χ3v) is 4.44. The molecule has 0 fully saturated rings. The van der Waals surface area contributed by atoms with Crippen molar-refractivity contribution in [2.24, 2.45) is 4.99 Å². The molecule has 0 unspecified atom stereocenters. The molecule has 0 saturated carbocycles. The summed E-state index contributed by atoms with van der Waals surface area (Å²) in [4.78, 5) is 8.65. The van der Waals surface area contributed by atoms with E-state index < -0.39 is 0 Å². The Bertz CT molecular complexity index is 910. The number of nitrogens with one attached hydrogen (secondary N) is 2. The van der Waals surface area contributed by atoms with E-state index in [0.29, 0.717) is 12.4 Å². The Morgan fingerprint density at radius 1 is 1.22 bits per heavy atom. The number of hydrogen-bond acceptors (Lipinski definition) is 5. The fraction of sp³-hybridized carbons (Fsp3) is 0.450. The van der Waals surface area contributed by atoms with Gasteiger partial charge in [-0.3, -0.25) is 4.99 Å². The molecule has 2 heterocycles. The Hall–Kier alpha value is -2.83. The van der Waals surface area contributed by atoms with Crippen molar-refractivity contribution < 1.29 is 8.94 Å². The third-order valence-electron chi connectivity index (χ3n) is 4.44. The zero-order valence-electron chi connectivity index (χ0n) is 16.4. The molecule has 0 aliphatic carbocycles. The number of guanidine groups is 1. The van der Waals surface area contributed by atoms with Crippen LogP contribution in [0.4, 0.5) is 0 Å². The normalized spacial score (nSPS) is 12.1. The van der Waals surface area contributed by atoms with E-state index in [9.17, 15) is 0 Å². The molecule has 1 aromatic carbocycles. The molecule has 0 saturated heterocycles. The minimum Gasteiger partial charge on any atom is -0.459 e. The molecule has 0 radical (unpaired) electrons. The quantitative estimate of drug-likeness (QED) is 0.376. The van der Waals surface area contributed by atoms with E-state index in [0.717, 1.165) is 53.5 Å². The van der Waals surface area contributed by atoms with Gasteiger partial charge in [0.25, 0.3) is 0 Å². The lowest BCUT2D eigenvalue weighted by Gasteiger charge is -2.10. The second kappa shape index (κ2) is 8.70. The summed E-state index contributed by atoms with van der Waals surface area (Å²) < 4.78 is 11.2. The number of fused-ring (bicyclic) bond motifs is 1. The number of aryl methyl sites for hydroxylation is 2. The van der Waals surface area contributed by atoms with E-state index in [-0.39, 0.29) is 5.92 Å². The van der Waals surface area contributed by atoms with Gasteiger partial charge < -0.3 is 19.6 Å². The Morgan fingerprint density at radius 3 is 2.74 bits per heavy atom. The predicted octanol–water partition coefficient (Wildman–Crippen LogP) is 3.55. The largest absolute Gasteiger partial charge is 0.459 e. The van der Waals surface area contributed by atoms with Crippen LogP contribution in [0.25, 0.3) is 11.0 Å². The maximum atomic E-state index is 5.93. The molecule has 0 bridgehead atoms. The molecule has 7 nitrogen and oxygen atoms in total. The molecular formula is C20H27N5O2. The Balaban J connectivity index is 1.45. The van der Waals surface area contributed by atoms with Gasteiger partial charge in [-0.1, -0.05) is 37.2 Å². The van der Waals surface area contributed by atoms with Crippen LogP contribution in [0.5, 0.6) is 0 Å². The van der Waals surface area contributed by atoms with E-state index in [1.54, 1.807) is 7.05 Å². The van der Waals surface area contributed by atoms with E-state index in [2.05, 4.69) is 52.6 Å². The minimum absolute atomic E-state index is 0.283. The van der Waals surface area contributed by atoms with Gasteiger partial charge in [-0.05, 0) is 19.4 Å². The maximum Gasteiger partial charge on any atom is 0.226 e. The molecule has 0 amide bonds. The molecule has 144 valence electrons. The van der Waals surface area contributed by atoms with E-state index >= 15 is 0 Å². The monoisotopic (exact) mass is 369 g/mol. The highest BCUT2D eigenvalue weighted by Crippen LogP contribution is 2.24. The van der Waals surface area contributed by atoms with Crippen LogP contribution in [0.3, 0.4) is 0 Å². The molecule has 7 heteroatoms. The standard InChI is InChI=1S/C20H27N5O2/c1-13(2)19-24-18(27-25-19)10-7-11-22-20(21-4)23-12-17-14(3)15-8-5-6-9-16(15)26-17/h5-6,8-9,13H,7,10-12H2,1-4H3,(H2,21,22,23). The fourth-order valence-corrected chi connectivity index (χ4v) is 2.83. The fourth-order valence-electron chi connectivity index (χ4n) is 2.83. The second-order valence-corrected chi connectivity index (χ2v) is 6.80. The summed E-state index contributed by atoms with van der Waals surface area (Å²) in [7, 11) is 1.76. The van der Waals surface area contributed by atoms with Crippen molar-refractivity contribution >= 4 is 16.9 Å². The van der Waals surface area contributed by atoms with Crippen molar-refractivity contribution in [2.75, 3.05) is 13.6 Å². The van der Waals surface area contributed by atoms with Gasteiger partial charge >= 0.3 is 0 Å². The number of rotatable bonds is 7. The summed E-state index contributed by atoms with van der Waals surface area (Å²) in [6, 6.07) is 8.07. The van der Waals surface area contributed by atoms with Gasteiger partial charge in [-0.15, -0.1) is 0 Å². The van der Waals surface area contributed by atoms with Gasteiger partial charge in [0.15, 0.2) is 11.8 Å². The highest BCUT2D eigenvalue weighted by atomic mass is 16.5. The van der Waals surface area contributed by atoms with Gasteiger partial charge in [0.05, 0.1) is 6.54 Å². The zero-order chi connectivity index (χ0) is 19.2. The Labute approximate surface area is 159 Å². The Morgan fingerprint density at radius 2 is 2.04 bits per heavy atom. The summed E-state index contributed by atoms with van der Waals surface area (Å²) in [5.41, 5.74) is 2.07. The van der Waals surface area contributed by atoms with Gasteiger partial charge in [-0.2, -0.15) is 4.98 Å². The highest BCUT2D eigenvalue weighted by Gasteiger charge is 2.11. The lowest BCUT2D eigenvalue weighted by Crippen LogP contribution is -2.37. The van der Waals surface area contributed by atoms with Crippen molar-refractivity contribution in [2.45, 2.75) is 46.1 Å². The number of aromatic nitrogens is 2. The summed E-state index contributed by atoms with van der Waals surface area (Å²) in [6.45, 7) is 7.53. The number of aliphatic imine (C=N–C) groups is 1. The van der Waals surface area contributed by atoms with Gasteiger partial charge in [-0.25, -0.2) is 0 Å². The van der Waals surface area contributed by atoms with Crippen LogP contribution in [-0.2, 0) is 13.0 Å².